The number of rotatable bonds is 2. The van der Waals surface area contributed by atoms with Gasteiger partial charge in [-0.25, -0.2) is 4.98 Å². The number of H-pyrrole nitrogens is 1. The van der Waals surface area contributed by atoms with Crippen LogP contribution in [0, 0.1) is 0 Å². The molecule has 1 aromatic rings. The number of hydrogen-bond acceptors (Lipinski definition) is 3. The van der Waals surface area contributed by atoms with Gasteiger partial charge >= 0.3 is 0 Å². The van der Waals surface area contributed by atoms with Crippen molar-refractivity contribution >= 4 is 0 Å². The first-order valence-electron chi connectivity index (χ1n) is 5.28. The van der Waals surface area contributed by atoms with E-state index in [1.54, 1.807) is 6.33 Å². The minimum atomic E-state index is 0.257. The van der Waals surface area contributed by atoms with Crippen LogP contribution in [-0.4, -0.2) is 39.7 Å². The number of fused-ring (bicyclic) bond motifs is 2. The zero-order valence-corrected chi connectivity index (χ0v) is 8.11. The summed E-state index contributed by atoms with van der Waals surface area (Å²) in [5, 5.41) is 8.98. The summed E-state index contributed by atoms with van der Waals surface area (Å²) in [5.41, 5.74) is 2.57. The van der Waals surface area contributed by atoms with Crippen LogP contribution in [-0.2, 0) is 0 Å². The van der Waals surface area contributed by atoms with Crippen molar-refractivity contribution in [2.75, 3.05) is 19.7 Å². The van der Waals surface area contributed by atoms with Gasteiger partial charge < -0.3 is 10.1 Å². The fraction of sp³-hybridized carbons (Fsp3) is 0.700. The Kier molecular flexibility index (Phi) is 1.85. The Morgan fingerprint density at radius 2 is 2.50 bits per heavy atom. The van der Waals surface area contributed by atoms with Gasteiger partial charge in [-0.15, -0.1) is 0 Å². The Balaban J connectivity index is 1.95. The summed E-state index contributed by atoms with van der Waals surface area (Å²) >= 11 is 0. The third kappa shape index (κ3) is 1.04. The van der Waals surface area contributed by atoms with E-state index in [2.05, 4.69) is 14.9 Å². The second-order valence-electron chi connectivity index (χ2n) is 4.21. The Morgan fingerprint density at radius 3 is 3.36 bits per heavy atom. The van der Waals surface area contributed by atoms with Crippen LogP contribution in [0.15, 0.2) is 6.33 Å². The number of aromatic nitrogens is 2. The van der Waals surface area contributed by atoms with E-state index in [1.807, 2.05) is 0 Å². The van der Waals surface area contributed by atoms with Gasteiger partial charge in [0.05, 0.1) is 30.4 Å². The second-order valence-corrected chi connectivity index (χ2v) is 4.21. The van der Waals surface area contributed by atoms with E-state index in [1.165, 1.54) is 24.2 Å². The zero-order chi connectivity index (χ0) is 9.54. The average molecular weight is 193 g/mol. The maximum atomic E-state index is 8.98. The van der Waals surface area contributed by atoms with Gasteiger partial charge in [-0.1, -0.05) is 0 Å². The molecule has 3 aliphatic rings. The summed E-state index contributed by atoms with van der Waals surface area (Å²) in [7, 11) is 0. The Bertz CT molecular complexity index is 336. The van der Waals surface area contributed by atoms with E-state index in [0.717, 1.165) is 13.1 Å². The lowest BCUT2D eigenvalue weighted by Crippen LogP contribution is -2.43. The van der Waals surface area contributed by atoms with Crippen LogP contribution < -0.4 is 0 Å². The summed E-state index contributed by atoms with van der Waals surface area (Å²) in [6, 6.07) is 0.477. The van der Waals surface area contributed by atoms with Gasteiger partial charge in [0.25, 0.3) is 0 Å². The highest BCUT2D eigenvalue weighted by atomic mass is 16.3. The van der Waals surface area contributed by atoms with Crippen molar-refractivity contribution in [2.24, 2.45) is 0 Å². The molecule has 3 heterocycles. The van der Waals surface area contributed by atoms with E-state index in [4.69, 9.17) is 5.11 Å². The predicted molar refractivity (Wildman–Crippen MR) is 52.0 cm³/mol. The monoisotopic (exact) mass is 193 g/mol. The van der Waals surface area contributed by atoms with Gasteiger partial charge in [0.1, 0.15) is 0 Å². The number of hydrogen-bond donors (Lipinski definition) is 2. The lowest BCUT2D eigenvalue weighted by molar-refractivity contribution is 0.0857. The third-order valence-electron chi connectivity index (χ3n) is 3.49. The molecule has 0 aromatic carbocycles. The summed E-state index contributed by atoms with van der Waals surface area (Å²) in [6.07, 6.45) is 4.27. The molecule has 1 aliphatic carbocycles. The van der Waals surface area contributed by atoms with Crippen LogP contribution in [0.5, 0.6) is 0 Å². The zero-order valence-electron chi connectivity index (χ0n) is 8.11. The largest absolute Gasteiger partial charge is 0.395 e. The van der Waals surface area contributed by atoms with Gasteiger partial charge in [-0.05, 0) is 12.8 Å². The summed E-state index contributed by atoms with van der Waals surface area (Å²) < 4.78 is 0. The predicted octanol–water partition coefficient (Wildman–Crippen LogP) is 0.636. The molecular weight excluding hydrogens is 178 g/mol. The molecule has 2 atom stereocenters. The first-order valence-corrected chi connectivity index (χ1v) is 5.28. The molecule has 1 saturated heterocycles. The Labute approximate surface area is 83.0 Å². The smallest absolute Gasteiger partial charge is 0.0925 e. The van der Waals surface area contributed by atoms with Crippen LogP contribution in [0.2, 0.25) is 0 Å². The van der Waals surface area contributed by atoms with E-state index in [9.17, 15) is 0 Å². The van der Waals surface area contributed by atoms with E-state index >= 15 is 0 Å². The normalized spacial score (nSPS) is 30.6. The SMILES string of the molecule is OCCN1CC2CCC1c1[nH]cnc12. The molecule has 1 aromatic heterocycles. The summed E-state index contributed by atoms with van der Waals surface area (Å²) in [6.45, 7) is 2.12. The lowest BCUT2D eigenvalue weighted by Gasteiger charge is -2.43. The number of nitrogens with zero attached hydrogens (tertiary/aromatic N) is 2. The quantitative estimate of drug-likeness (QED) is 0.724. The van der Waals surface area contributed by atoms with Crippen molar-refractivity contribution in [1.29, 1.82) is 0 Å². The van der Waals surface area contributed by atoms with Gasteiger partial charge in [-0.2, -0.15) is 0 Å². The minimum Gasteiger partial charge on any atom is -0.395 e. The van der Waals surface area contributed by atoms with Crippen LogP contribution in [0.1, 0.15) is 36.2 Å². The summed E-state index contributed by atoms with van der Waals surface area (Å²) in [5.74, 6) is 0.591. The molecule has 0 spiro atoms. The molecule has 4 rings (SSSR count). The number of aliphatic hydroxyl groups is 1. The van der Waals surface area contributed by atoms with Crippen LogP contribution >= 0.6 is 0 Å². The molecule has 2 aliphatic heterocycles. The van der Waals surface area contributed by atoms with E-state index < -0.39 is 0 Å². The fourth-order valence-corrected chi connectivity index (χ4v) is 2.88. The standard InChI is InChI=1S/C10H15N3O/c14-4-3-13-5-7-1-2-8(13)10-9(7)11-6-12-10/h6-8,14H,1-5H2,(H,11,12). The lowest BCUT2D eigenvalue weighted by atomic mass is 9.80. The highest BCUT2D eigenvalue weighted by molar-refractivity contribution is 5.27. The molecule has 76 valence electrons. The maximum absolute atomic E-state index is 8.98. The van der Waals surface area contributed by atoms with Crippen molar-refractivity contribution in [3.05, 3.63) is 17.7 Å². The Morgan fingerprint density at radius 1 is 1.57 bits per heavy atom. The highest BCUT2D eigenvalue weighted by Crippen LogP contribution is 2.44. The number of aliphatic hydroxyl groups excluding tert-OH is 1. The van der Waals surface area contributed by atoms with Crippen molar-refractivity contribution in [1.82, 2.24) is 14.9 Å². The average Bonchev–Trinajstić information content (AvgIpc) is 2.69. The number of aromatic amines is 1. The van der Waals surface area contributed by atoms with E-state index in [-0.39, 0.29) is 6.61 Å². The molecule has 14 heavy (non-hydrogen) atoms. The first kappa shape index (κ1) is 8.44. The highest BCUT2D eigenvalue weighted by Gasteiger charge is 2.39. The Hall–Kier alpha value is -0.870. The topological polar surface area (TPSA) is 52.1 Å². The first-order chi connectivity index (χ1) is 6.90. The fourth-order valence-electron chi connectivity index (χ4n) is 2.88. The molecule has 0 saturated carbocycles. The molecule has 2 N–H and O–H groups in total. The second kappa shape index (κ2) is 3.07. The van der Waals surface area contributed by atoms with Crippen molar-refractivity contribution < 1.29 is 5.11 Å². The molecule has 4 heteroatoms. The summed E-state index contributed by atoms with van der Waals surface area (Å²) in [4.78, 5) is 10.0. The molecule has 2 unspecified atom stereocenters. The van der Waals surface area contributed by atoms with Crippen LogP contribution in [0.25, 0.3) is 0 Å². The number of piperidine rings is 1. The molecule has 1 fully saturated rings. The third-order valence-corrected chi connectivity index (χ3v) is 3.49. The van der Waals surface area contributed by atoms with Crippen molar-refractivity contribution in [3.63, 3.8) is 0 Å². The van der Waals surface area contributed by atoms with Gasteiger partial charge in [0.15, 0.2) is 0 Å². The van der Waals surface area contributed by atoms with Crippen molar-refractivity contribution in [2.45, 2.75) is 24.8 Å². The van der Waals surface area contributed by atoms with Gasteiger partial charge in [0.2, 0.25) is 0 Å². The number of imidazole rings is 1. The van der Waals surface area contributed by atoms with Crippen LogP contribution in [0.3, 0.4) is 0 Å². The van der Waals surface area contributed by atoms with Crippen LogP contribution in [0.4, 0.5) is 0 Å². The molecule has 0 amide bonds. The number of nitrogens with one attached hydrogen (secondary N) is 1. The van der Waals surface area contributed by atoms with Gasteiger partial charge in [0, 0.05) is 19.0 Å². The van der Waals surface area contributed by atoms with E-state index in [0.29, 0.717) is 12.0 Å². The molecule has 0 radical (unpaired) electrons. The molecular formula is C10H15N3O. The maximum Gasteiger partial charge on any atom is 0.0925 e. The molecule has 4 nitrogen and oxygen atoms in total. The minimum absolute atomic E-state index is 0.257. The van der Waals surface area contributed by atoms with Crippen molar-refractivity contribution in [3.8, 4) is 0 Å². The molecule has 2 bridgehead atoms. The van der Waals surface area contributed by atoms with Gasteiger partial charge in [-0.3, -0.25) is 4.90 Å².